The van der Waals surface area contributed by atoms with Gasteiger partial charge in [0.05, 0.1) is 6.61 Å². The second-order valence-electron chi connectivity index (χ2n) is 6.31. The molecule has 2 fully saturated rings. The van der Waals surface area contributed by atoms with E-state index in [9.17, 15) is 4.79 Å². The number of carbonyl (C=O) groups excluding carboxylic acids is 1. The maximum atomic E-state index is 13.0. The van der Waals surface area contributed by atoms with Crippen molar-refractivity contribution >= 4 is 18.3 Å². The van der Waals surface area contributed by atoms with Crippen LogP contribution in [0.25, 0.3) is 0 Å². The van der Waals surface area contributed by atoms with Crippen molar-refractivity contribution in [3.8, 4) is 5.75 Å². The first-order valence-corrected chi connectivity index (χ1v) is 8.55. The lowest BCUT2D eigenvalue weighted by atomic mass is 10.1. The molecule has 2 atom stereocenters. The van der Waals surface area contributed by atoms with Crippen LogP contribution >= 0.6 is 12.4 Å². The summed E-state index contributed by atoms with van der Waals surface area (Å²) in [6, 6.07) is 8.28. The average Bonchev–Trinajstić information content (AvgIpc) is 2.84. The molecule has 1 aromatic carbocycles. The van der Waals surface area contributed by atoms with E-state index in [1.54, 1.807) is 7.11 Å². The number of nitrogens with zero attached hydrogens (tertiary/aromatic N) is 1. The summed E-state index contributed by atoms with van der Waals surface area (Å²) < 4.78 is 10.7. The molecular formula is C18H27ClN2O3. The van der Waals surface area contributed by atoms with Gasteiger partial charge in [0.25, 0.3) is 5.91 Å². The lowest BCUT2D eigenvalue weighted by Gasteiger charge is -2.28. The molecular weight excluding hydrogens is 328 g/mol. The molecule has 2 aliphatic rings. The van der Waals surface area contributed by atoms with E-state index in [-0.39, 0.29) is 18.3 Å². The molecule has 0 radical (unpaired) electrons. The smallest absolute Gasteiger partial charge is 0.254 e. The summed E-state index contributed by atoms with van der Waals surface area (Å²) in [6.07, 6.45) is 4.13. The highest BCUT2D eigenvalue weighted by Crippen LogP contribution is 2.30. The molecule has 2 aliphatic heterocycles. The number of amides is 1. The van der Waals surface area contributed by atoms with Gasteiger partial charge in [-0.3, -0.25) is 4.79 Å². The number of hydrogen-bond acceptors (Lipinski definition) is 4. The molecule has 5 nitrogen and oxygen atoms in total. The molecule has 2 unspecified atom stereocenters. The molecule has 1 aromatic rings. The molecule has 24 heavy (non-hydrogen) atoms. The molecule has 2 saturated heterocycles. The first kappa shape index (κ1) is 19.0. The van der Waals surface area contributed by atoms with Crippen LogP contribution < -0.4 is 10.1 Å². The quantitative estimate of drug-likeness (QED) is 0.797. The van der Waals surface area contributed by atoms with Gasteiger partial charge in [0.15, 0.2) is 0 Å². The Kier molecular flexibility index (Phi) is 7.34. The van der Waals surface area contributed by atoms with E-state index in [4.69, 9.17) is 9.47 Å². The minimum atomic E-state index is 0. The zero-order valence-corrected chi connectivity index (χ0v) is 15.0. The SMILES string of the molecule is COCCCOc1cccc(C(=O)N2C3CCNCC2CC3)c1.Cl. The van der Waals surface area contributed by atoms with E-state index >= 15 is 0 Å². The minimum Gasteiger partial charge on any atom is -0.493 e. The summed E-state index contributed by atoms with van der Waals surface area (Å²) in [5.74, 6) is 0.899. The van der Waals surface area contributed by atoms with E-state index in [1.165, 1.54) is 0 Å². The molecule has 6 heteroatoms. The van der Waals surface area contributed by atoms with Gasteiger partial charge in [-0.1, -0.05) is 6.07 Å². The zero-order chi connectivity index (χ0) is 16.1. The fourth-order valence-corrected chi connectivity index (χ4v) is 3.58. The van der Waals surface area contributed by atoms with Crippen LogP contribution in [0.15, 0.2) is 24.3 Å². The van der Waals surface area contributed by atoms with Gasteiger partial charge in [-0.2, -0.15) is 0 Å². The zero-order valence-electron chi connectivity index (χ0n) is 14.2. The van der Waals surface area contributed by atoms with Crippen molar-refractivity contribution in [2.45, 2.75) is 37.8 Å². The number of hydrogen-bond donors (Lipinski definition) is 1. The summed E-state index contributed by atoms with van der Waals surface area (Å²) in [7, 11) is 1.68. The predicted octanol–water partition coefficient (Wildman–Crippen LogP) is 2.49. The van der Waals surface area contributed by atoms with E-state index in [0.717, 1.165) is 50.1 Å². The van der Waals surface area contributed by atoms with Crippen LogP contribution in [-0.4, -0.2) is 56.3 Å². The van der Waals surface area contributed by atoms with Crippen LogP contribution in [0.1, 0.15) is 36.0 Å². The van der Waals surface area contributed by atoms with Crippen molar-refractivity contribution < 1.29 is 14.3 Å². The summed E-state index contributed by atoms with van der Waals surface area (Å²) >= 11 is 0. The molecule has 3 rings (SSSR count). The number of fused-ring (bicyclic) bond motifs is 2. The highest BCUT2D eigenvalue weighted by atomic mass is 35.5. The third-order valence-electron chi connectivity index (χ3n) is 4.73. The molecule has 0 spiro atoms. The molecule has 0 saturated carbocycles. The Balaban J connectivity index is 0.00000208. The number of nitrogens with one attached hydrogen (secondary N) is 1. The number of benzene rings is 1. The number of halogens is 1. The third kappa shape index (κ3) is 4.41. The predicted molar refractivity (Wildman–Crippen MR) is 96.1 cm³/mol. The molecule has 0 aliphatic carbocycles. The summed E-state index contributed by atoms with van der Waals surface area (Å²) in [5.41, 5.74) is 0.730. The minimum absolute atomic E-state index is 0. The Labute approximate surface area is 150 Å². The Morgan fingerprint density at radius 1 is 1.25 bits per heavy atom. The molecule has 1 amide bonds. The van der Waals surface area contributed by atoms with Gasteiger partial charge in [0.1, 0.15) is 5.75 Å². The Morgan fingerprint density at radius 3 is 2.92 bits per heavy atom. The monoisotopic (exact) mass is 354 g/mol. The van der Waals surface area contributed by atoms with E-state index in [1.807, 2.05) is 24.3 Å². The fourth-order valence-electron chi connectivity index (χ4n) is 3.58. The Bertz CT molecular complexity index is 527. The van der Waals surface area contributed by atoms with Gasteiger partial charge in [-0.15, -0.1) is 12.4 Å². The van der Waals surface area contributed by atoms with Gasteiger partial charge in [-0.25, -0.2) is 0 Å². The van der Waals surface area contributed by atoms with Crippen LogP contribution in [0.2, 0.25) is 0 Å². The van der Waals surface area contributed by atoms with Crippen molar-refractivity contribution in [2.24, 2.45) is 0 Å². The number of methoxy groups -OCH3 is 1. The molecule has 2 bridgehead atoms. The van der Waals surface area contributed by atoms with Crippen LogP contribution in [-0.2, 0) is 4.74 Å². The summed E-state index contributed by atoms with van der Waals surface area (Å²) in [4.78, 5) is 15.1. The highest BCUT2D eigenvalue weighted by Gasteiger charge is 2.38. The van der Waals surface area contributed by atoms with Gasteiger partial charge in [0, 0.05) is 44.3 Å². The molecule has 0 aromatic heterocycles. The maximum Gasteiger partial charge on any atom is 0.254 e. The first-order valence-electron chi connectivity index (χ1n) is 8.55. The van der Waals surface area contributed by atoms with Gasteiger partial charge >= 0.3 is 0 Å². The van der Waals surface area contributed by atoms with Crippen LogP contribution in [0.4, 0.5) is 0 Å². The van der Waals surface area contributed by atoms with E-state index in [0.29, 0.717) is 25.3 Å². The third-order valence-corrected chi connectivity index (χ3v) is 4.73. The molecule has 1 N–H and O–H groups in total. The van der Waals surface area contributed by atoms with Crippen molar-refractivity contribution in [3.05, 3.63) is 29.8 Å². The number of carbonyl (C=O) groups is 1. The van der Waals surface area contributed by atoms with Crippen molar-refractivity contribution in [3.63, 3.8) is 0 Å². The normalized spacial score (nSPS) is 22.6. The lowest BCUT2D eigenvalue weighted by Crippen LogP contribution is -2.42. The summed E-state index contributed by atoms with van der Waals surface area (Å²) in [6.45, 7) is 3.20. The van der Waals surface area contributed by atoms with E-state index in [2.05, 4.69) is 10.2 Å². The summed E-state index contributed by atoms with van der Waals surface area (Å²) in [5, 5.41) is 3.44. The number of rotatable bonds is 6. The van der Waals surface area contributed by atoms with Crippen molar-refractivity contribution in [1.82, 2.24) is 10.2 Å². The fraction of sp³-hybridized carbons (Fsp3) is 0.611. The topological polar surface area (TPSA) is 50.8 Å². The largest absolute Gasteiger partial charge is 0.493 e. The second-order valence-corrected chi connectivity index (χ2v) is 6.31. The lowest BCUT2D eigenvalue weighted by molar-refractivity contribution is 0.0679. The van der Waals surface area contributed by atoms with Gasteiger partial charge < -0.3 is 19.7 Å². The molecule has 134 valence electrons. The van der Waals surface area contributed by atoms with Crippen molar-refractivity contribution in [1.29, 1.82) is 0 Å². The van der Waals surface area contributed by atoms with E-state index < -0.39 is 0 Å². The standard InChI is InChI=1S/C18H26N2O3.ClH/c1-22-10-3-11-23-17-5-2-4-14(12-17)18(21)20-15-6-7-16(20)13-19-9-8-15;/h2,4-5,12,15-16,19H,3,6-11,13H2,1H3;1H. The van der Waals surface area contributed by atoms with Crippen molar-refractivity contribution in [2.75, 3.05) is 33.4 Å². The van der Waals surface area contributed by atoms with Crippen LogP contribution in [0.3, 0.4) is 0 Å². The average molecular weight is 355 g/mol. The first-order chi connectivity index (χ1) is 11.3. The Morgan fingerprint density at radius 2 is 2.08 bits per heavy atom. The Hall–Kier alpha value is -1.30. The van der Waals surface area contributed by atoms with Gasteiger partial charge in [0.2, 0.25) is 0 Å². The second kappa shape index (κ2) is 9.25. The highest BCUT2D eigenvalue weighted by molar-refractivity contribution is 5.95. The molecule has 2 heterocycles. The van der Waals surface area contributed by atoms with Crippen LogP contribution in [0.5, 0.6) is 5.75 Å². The van der Waals surface area contributed by atoms with Crippen LogP contribution in [0, 0.1) is 0 Å². The maximum absolute atomic E-state index is 13.0. The van der Waals surface area contributed by atoms with Gasteiger partial charge in [-0.05, 0) is 44.0 Å². The number of ether oxygens (including phenoxy) is 2.